The van der Waals surface area contributed by atoms with Crippen LogP contribution in [0.15, 0.2) is 4.99 Å². The summed E-state index contributed by atoms with van der Waals surface area (Å²) in [6.07, 6.45) is -3.55. The van der Waals surface area contributed by atoms with E-state index in [1.54, 1.807) is 0 Å². The molecule has 0 saturated heterocycles. The Balaban J connectivity index is 0. The summed E-state index contributed by atoms with van der Waals surface area (Å²) in [6, 6.07) is 0.0415. The van der Waals surface area contributed by atoms with Gasteiger partial charge in [-0.2, -0.15) is 13.2 Å². The van der Waals surface area contributed by atoms with E-state index in [1.807, 2.05) is 5.43 Å². The number of carboxylic acid groups (broad SMARTS) is 1. The van der Waals surface area contributed by atoms with E-state index in [0.717, 1.165) is 19.4 Å². The smallest absolute Gasteiger partial charge is 0.475 e. The quantitative estimate of drug-likeness (QED) is 0.108. The van der Waals surface area contributed by atoms with Crippen LogP contribution >= 0.6 is 0 Å². The van der Waals surface area contributed by atoms with Gasteiger partial charge in [0, 0.05) is 32.2 Å². The Kier molecular flexibility index (Phi) is 13.3. The molecule has 0 aliphatic heterocycles. The Morgan fingerprint density at radius 1 is 1.38 bits per heavy atom. The van der Waals surface area contributed by atoms with Crippen LogP contribution < -0.4 is 27.9 Å². The summed E-state index contributed by atoms with van der Waals surface area (Å²) >= 11 is 0. The molecular weight excluding hydrogens is 339 g/mol. The average molecular weight is 362 g/mol. The zero-order chi connectivity index (χ0) is 19.2. The van der Waals surface area contributed by atoms with Gasteiger partial charge in [0.25, 0.3) is 5.96 Å². The molecule has 0 fully saturated rings. The van der Waals surface area contributed by atoms with Crippen LogP contribution in [0.25, 0.3) is 0 Å². The number of hydrogen-bond acceptors (Lipinski definition) is 6. The molecule has 0 aliphatic rings. The fourth-order valence-corrected chi connectivity index (χ4v) is 1.18. The minimum Gasteiger partial charge on any atom is -0.475 e. The summed E-state index contributed by atoms with van der Waals surface area (Å²) in [5.74, 6) is -2.88. The van der Waals surface area contributed by atoms with E-state index in [0.29, 0.717) is 19.6 Å². The number of carbonyl (C=O) groups is 1. The third-order valence-corrected chi connectivity index (χ3v) is 2.20. The van der Waals surface area contributed by atoms with Crippen molar-refractivity contribution in [2.45, 2.75) is 25.1 Å². The van der Waals surface area contributed by atoms with Crippen molar-refractivity contribution in [3.63, 3.8) is 0 Å². The Morgan fingerprint density at radius 3 is 2.33 bits per heavy atom. The van der Waals surface area contributed by atoms with Crippen LogP contribution in [-0.2, 0) is 4.79 Å². The fourth-order valence-electron chi connectivity index (χ4n) is 1.18. The van der Waals surface area contributed by atoms with Crippen molar-refractivity contribution >= 4 is 11.9 Å². The number of hydrogen-bond donors (Lipinski definition) is 7. The molecule has 0 spiro atoms. The predicted molar refractivity (Wildman–Crippen MR) is 77.9 cm³/mol. The topological polar surface area (TPSA) is 192 Å². The van der Waals surface area contributed by atoms with Gasteiger partial charge in [0.2, 0.25) is 0 Å². The number of hydrazine groups is 1. The van der Waals surface area contributed by atoms with Gasteiger partial charge in [0.05, 0.1) is 0 Å². The first kappa shape index (κ1) is 24.1. The lowest BCUT2D eigenvalue weighted by molar-refractivity contribution is -0.822. The lowest BCUT2D eigenvalue weighted by Gasteiger charge is -2.11. The lowest BCUT2D eigenvalue weighted by Crippen LogP contribution is -2.37. The van der Waals surface area contributed by atoms with E-state index >= 15 is 0 Å². The molecule has 0 rings (SSSR count). The van der Waals surface area contributed by atoms with Crippen molar-refractivity contribution in [2.75, 3.05) is 26.2 Å². The first-order valence-electron chi connectivity index (χ1n) is 6.69. The third-order valence-electron chi connectivity index (χ3n) is 2.20. The maximum atomic E-state index is 10.6. The number of nitrogens with zero attached hydrogens (tertiary/aromatic N) is 2. The molecule has 142 valence electrons. The second kappa shape index (κ2) is 13.3. The molecule has 0 saturated carbocycles. The van der Waals surface area contributed by atoms with Gasteiger partial charge in [0.15, 0.2) is 0 Å². The van der Waals surface area contributed by atoms with E-state index in [4.69, 9.17) is 32.3 Å². The number of rotatable bonds is 9. The summed E-state index contributed by atoms with van der Waals surface area (Å²) in [6.45, 7) is 2.49. The van der Waals surface area contributed by atoms with Gasteiger partial charge < -0.3 is 27.6 Å². The molecule has 0 aromatic heterocycles. The highest BCUT2D eigenvalue weighted by Crippen LogP contribution is 2.13. The van der Waals surface area contributed by atoms with E-state index in [1.165, 1.54) is 0 Å². The van der Waals surface area contributed by atoms with Crippen molar-refractivity contribution < 1.29 is 33.3 Å². The van der Waals surface area contributed by atoms with Crippen LogP contribution in [0.1, 0.15) is 12.8 Å². The van der Waals surface area contributed by atoms with Gasteiger partial charge in [-0.15, -0.1) is 0 Å². The van der Waals surface area contributed by atoms with Gasteiger partial charge in [-0.25, -0.2) is 15.0 Å². The molecule has 0 aromatic rings. The Morgan fingerprint density at radius 2 is 1.92 bits per heavy atom. The number of halogens is 3. The number of aliphatic carboxylic acids is 1. The van der Waals surface area contributed by atoms with Crippen LogP contribution in [0.5, 0.6) is 0 Å². The Bertz CT molecular complexity index is 406. The molecule has 11 nitrogen and oxygen atoms in total. The predicted octanol–water partition coefficient (Wildman–Crippen LogP) is -1.74. The molecule has 0 radical (unpaired) electrons. The van der Waals surface area contributed by atoms with Crippen molar-refractivity contribution in [3.8, 4) is 0 Å². The van der Waals surface area contributed by atoms with Crippen LogP contribution in [-0.4, -0.2) is 65.7 Å². The van der Waals surface area contributed by atoms with Gasteiger partial charge in [-0.05, 0) is 18.3 Å². The maximum Gasteiger partial charge on any atom is 0.490 e. The van der Waals surface area contributed by atoms with E-state index < -0.39 is 17.2 Å². The monoisotopic (exact) mass is 362 g/mol. The van der Waals surface area contributed by atoms with Crippen molar-refractivity contribution in [3.05, 3.63) is 4.91 Å². The molecule has 0 bridgehead atoms. The highest BCUT2D eigenvalue weighted by Gasteiger charge is 2.38. The van der Waals surface area contributed by atoms with E-state index in [9.17, 15) is 18.1 Å². The van der Waals surface area contributed by atoms with Crippen LogP contribution in [0.3, 0.4) is 0 Å². The first-order valence-corrected chi connectivity index (χ1v) is 6.69. The summed E-state index contributed by atoms with van der Waals surface area (Å²) < 4.78 is 31.7. The second-order valence-corrected chi connectivity index (χ2v) is 4.35. The molecule has 10 N–H and O–H groups in total. The molecule has 0 aliphatic carbocycles. The van der Waals surface area contributed by atoms with Crippen molar-refractivity contribution in [1.29, 1.82) is 0 Å². The van der Waals surface area contributed by atoms with Crippen LogP contribution in [0.4, 0.5) is 13.2 Å². The third kappa shape index (κ3) is 17.9. The largest absolute Gasteiger partial charge is 0.490 e. The highest BCUT2D eigenvalue weighted by atomic mass is 19.4. The lowest BCUT2D eigenvalue weighted by atomic mass is 10.1. The van der Waals surface area contributed by atoms with Crippen molar-refractivity contribution in [1.82, 2.24) is 10.7 Å². The number of guanidine groups is 1. The summed E-state index contributed by atoms with van der Waals surface area (Å²) in [7, 11) is 0. The summed E-state index contributed by atoms with van der Waals surface area (Å²) in [5, 5.41) is 18.0. The number of carboxylic acids is 1. The zero-order valence-corrected chi connectivity index (χ0v) is 12.8. The Labute approximate surface area is 135 Å². The van der Waals surface area contributed by atoms with Gasteiger partial charge in [0.1, 0.15) is 4.91 Å². The minimum absolute atomic E-state index is 0.0415. The molecule has 0 heterocycles. The van der Waals surface area contributed by atoms with Crippen LogP contribution in [0.2, 0.25) is 0 Å². The fraction of sp³-hybridized carbons (Fsp3) is 0.800. The number of alkyl halides is 3. The van der Waals surface area contributed by atoms with Gasteiger partial charge >= 0.3 is 17.2 Å². The number of aliphatic imine (C=N–C) groups is 1. The average Bonchev–Trinajstić information content (AvgIpc) is 2.43. The van der Waals surface area contributed by atoms with Crippen molar-refractivity contribution in [2.24, 2.45) is 22.2 Å². The van der Waals surface area contributed by atoms with Gasteiger partial charge in [-0.1, -0.05) is 0 Å². The SMILES string of the molecule is NCCNCC(N)CCCN=C(N)N[N+](=O)O.O=C(O)C(F)(F)F. The Hall–Kier alpha value is -2.19. The molecule has 1 atom stereocenters. The molecular formula is C10H23F3N7O4+. The molecule has 14 heteroatoms. The van der Waals surface area contributed by atoms with E-state index in [-0.39, 0.29) is 12.0 Å². The van der Waals surface area contributed by atoms with E-state index in [2.05, 4.69) is 10.3 Å². The molecule has 0 aromatic carbocycles. The number of nitrogens with one attached hydrogen (secondary N) is 2. The molecule has 0 amide bonds. The second-order valence-electron chi connectivity index (χ2n) is 4.35. The normalized spacial score (nSPS) is 12.8. The molecule has 24 heavy (non-hydrogen) atoms. The molecule has 1 unspecified atom stereocenters. The van der Waals surface area contributed by atoms with Crippen LogP contribution in [0, 0.1) is 4.91 Å². The summed E-state index contributed by atoms with van der Waals surface area (Å²) in [5.41, 5.74) is 18.3. The standard InChI is InChI=1S/C8H22N7O2.C2HF3O2/c9-3-5-12-6-7(10)2-1-4-13-8(11)14-15(16)17;3-2(4,5)1(6)7/h7,12H,1-6,9-10H2,(H,16,17)(H3,11,13,14);(H,6,7)/q+1;. The summed E-state index contributed by atoms with van der Waals surface area (Å²) in [4.78, 5) is 22.8. The maximum absolute atomic E-state index is 10.6. The zero-order valence-electron chi connectivity index (χ0n) is 12.8. The van der Waals surface area contributed by atoms with Gasteiger partial charge in [-0.3, -0.25) is 0 Å². The number of nitrogens with two attached hydrogens (primary N) is 3. The minimum atomic E-state index is -5.08. The first-order chi connectivity index (χ1) is 11.0. The highest BCUT2D eigenvalue weighted by molar-refractivity contribution is 5.76.